The lowest BCUT2D eigenvalue weighted by molar-refractivity contribution is -0.274. The summed E-state index contributed by atoms with van der Waals surface area (Å²) in [5.41, 5.74) is 3.69. The Labute approximate surface area is 230 Å². The zero-order chi connectivity index (χ0) is 27.4. The van der Waals surface area contributed by atoms with Gasteiger partial charge in [-0.05, 0) is 42.0 Å². The number of methoxy groups -OCH3 is 2. The van der Waals surface area contributed by atoms with E-state index in [9.17, 15) is 10.2 Å². The van der Waals surface area contributed by atoms with E-state index in [2.05, 4.69) is 4.98 Å². The van der Waals surface area contributed by atoms with E-state index in [-0.39, 0.29) is 5.56 Å². The molecule has 0 amide bonds. The van der Waals surface area contributed by atoms with E-state index in [4.69, 9.17) is 19.2 Å². The van der Waals surface area contributed by atoms with E-state index in [1.165, 1.54) is 17.0 Å². The molecule has 1 aromatic heterocycles. The van der Waals surface area contributed by atoms with Crippen LogP contribution in [0.1, 0.15) is 5.56 Å². The maximum absolute atomic E-state index is 15.3. The molecule has 39 heavy (non-hydrogen) atoms. The van der Waals surface area contributed by atoms with Gasteiger partial charge in [-0.15, -0.1) is 0 Å². The molecule has 0 aliphatic carbocycles. The number of aliphatic hydroxyl groups is 2. The maximum atomic E-state index is 15.3. The molecule has 3 aromatic carbocycles. The molecule has 1 aliphatic heterocycles. The third-order valence-electron chi connectivity index (χ3n) is 6.67. The zero-order valence-corrected chi connectivity index (χ0v) is 22.6. The Morgan fingerprint density at radius 3 is 2.51 bits per heavy atom. The lowest BCUT2D eigenvalue weighted by Crippen LogP contribution is -2.50. The van der Waals surface area contributed by atoms with Gasteiger partial charge in [-0.1, -0.05) is 18.2 Å². The standard InChI is InChI=1S/C29H30FN3O5S/c1-36-12-13-38-26-9-7-20(17-27(26)37-2)25-18-31-24-5-3-4-21(28(24)32-25)19-6-8-22(23(30)16-19)29(34,35)33-10-14-39-15-11-33/h3-9,16-18,34-35H,10-15H2,1-2H3. The van der Waals surface area contributed by atoms with Crippen molar-refractivity contribution in [3.05, 3.63) is 72.2 Å². The van der Waals surface area contributed by atoms with Gasteiger partial charge in [-0.3, -0.25) is 4.98 Å². The molecule has 0 unspecified atom stereocenters. The maximum Gasteiger partial charge on any atom is 0.256 e. The minimum atomic E-state index is -2.38. The first-order valence-corrected chi connectivity index (χ1v) is 13.7. The number of para-hydroxylation sites is 1. The molecule has 0 atom stereocenters. The molecule has 204 valence electrons. The average Bonchev–Trinajstić information content (AvgIpc) is 2.97. The second-order valence-electron chi connectivity index (χ2n) is 9.06. The van der Waals surface area contributed by atoms with Crippen LogP contribution in [0.2, 0.25) is 0 Å². The number of ether oxygens (including phenoxy) is 3. The summed E-state index contributed by atoms with van der Waals surface area (Å²) >= 11 is 1.73. The molecule has 1 saturated heterocycles. The van der Waals surface area contributed by atoms with Crippen molar-refractivity contribution in [3.8, 4) is 33.9 Å². The molecule has 1 aliphatic rings. The van der Waals surface area contributed by atoms with E-state index in [0.717, 1.165) is 17.1 Å². The SMILES string of the molecule is COCCOc1ccc(-c2cnc3cccc(-c4ccc(C(O)(O)N5CCSCC5)c(F)c4)c3n2)cc1OC. The van der Waals surface area contributed by atoms with E-state index in [0.29, 0.717) is 65.7 Å². The Kier molecular flexibility index (Phi) is 8.29. The minimum absolute atomic E-state index is 0.176. The van der Waals surface area contributed by atoms with Gasteiger partial charge in [0.25, 0.3) is 5.91 Å². The van der Waals surface area contributed by atoms with Gasteiger partial charge in [0.05, 0.1) is 42.2 Å². The van der Waals surface area contributed by atoms with Crippen LogP contribution in [0.15, 0.2) is 60.8 Å². The van der Waals surface area contributed by atoms with Crippen LogP contribution in [0.3, 0.4) is 0 Å². The number of benzene rings is 3. The van der Waals surface area contributed by atoms with E-state index < -0.39 is 11.7 Å². The van der Waals surface area contributed by atoms with Crippen molar-refractivity contribution in [2.24, 2.45) is 0 Å². The smallest absolute Gasteiger partial charge is 0.256 e. The molecule has 2 heterocycles. The predicted octanol–water partition coefficient (Wildman–Crippen LogP) is 4.28. The fraction of sp³-hybridized carbons (Fsp3) is 0.310. The first-order chi connectivity index (χ1) is 18.9. The molecule has 0 saturated carbocycles. The zero-order valence-electron chi connectivity index (χ0n) is 21.8. The van der Waals surface area contributed by atoms with Gasteiger partial charge in [0, 0.05) is 42.8 Å². The van der Waals surface area contributed by atoms with Crippen molar-refractivity contribution in [2.45, 2.75) is 5.91 Å². The van der Waals surface area contributed by atoms with Crippen molar-refractivity contribution >= 4 is 22.8 Å². The Balaban J connectivity index is 1.49. The molecule has 0 spiro atoms. The number of fused-ring (bicyclic) bond motifs is 1. The summed E-state index contributed by atoms with van der Waals surface area (Å²) < 4.78 is 31.6. The van der Waals surface area contributed by atoms with Gasteiger partial charge >= 0.3 is 0 Å². The molecule has 5 rings (SSSR count). The van der Waals surface area contributed by atoms with Crippen molar-refractivity contribution in [1.82, 2.24) is 14.9 Å². The normalized spacial score (nSPS) is 14.5. The highest BCUT2D eigenvalue weighted by molar-refractivity contribution is 7.99. The van der Waals surface area contributed by atoms with Crippen LogP contribution >= 0.6 is 11.8 Å². The van der Waals surface area contributed by atoms with Gasteiger partial charge < -0.3 is 24.4 Å². The molecule has 0 bridgehead atoms. The Morgan fingerprint density at radius 1 is 0.974 bits per heavy atom. The number of halogens is 1. The van der Waals surface area contributed by atoms with E-state index >= 15 is 4.39 Å². The summed E-state index contributed by atoms with van der Waals surface area (Å²) in [6.45, 7) is 1.78. The summed E-state index contributed by atoms with van der Waals surface area (Å²) in [4.78, 5) is 10.9. The molecule has 10 heteroatoms. The van der Waals surface area contributed by atoms with E-state index in [1.54, 1.807) is 38.2 Å². The van der Waals surface area contributed by atoms with Gasteiger partial charge in [0.15, 0.2) is 11.5 Å². The molecule has 1 fully saturated rings. The molecule has 0 radical (unpaired) electrons. The number of hydrogen-bond acceptors (Lipinski definition) is 9. The highest BCUT2D eigenvalue weighted by Crippen LogP contribution is 2.35. The monoisotopic (exact) mass is 551 g/mol. The van der Waals surface area contributed by atoms with Gasteiger partial charge in [0.1, 0.15) is 12.4 Å². The Morgan fingerprint density at radius 2 is 1.77 bits per heavy atom. The van der Waals surface area contributed by atoms with Crippen LogP contribution in [0.25, 0.3) is 33.4 Å². The first-order valence-electron chi connectivity index (χ1n) is 12.6. The summed E-state index contributed by atoms with van der Waals surface area (Å²) in [6.07, 6.45) is 1.68. The van der Waals surface area contributed by atoms with Crippen LogP contribution in [0, 0.1) is 5.82 Å². The van der Waals surface area contributed by atoms with Crippen molar-refractivity contribution < 1.29 is 28.8 Å². The number of aromatic nitrogens is 2. The summed E-state index contributed by atoms with van der Waals surface area (Å²) in [5.74, 6) is -0.418. The van der Waals surface area contributed by atoms with Gasteiger partial charge in [-0.2, -0.15) is 11.8 Å². The van der Waals surface area contributed by atoms with Crippen molar-refractivity contribution in [3.63, 3.8) is 0 Å². The number of rotatable bonds is 9. The van der Waals surface area contributed by atoms with Gasteiger partial charge in [0.2, 0.25) is 0 Å². The molecular weight excluding hydrogens is 521 g/mol. The van der Waals surface area contributed by atoms with Crippen LogP contribution in [-0.4, -0.2) is 77.1 Å². The average molecular weight is 552 g/mol. The molecule has 2 N–H and O–H groups in total. The highest BCUT2D eigenvalue weighted by atomic mass is 32.2. The number of nitrogens with zero attached hydrogens (tertiary/aromatic N) is 3. The Bertz CT molecular complexity index is 1460. The van der Waals surface area contributed by atoms with Crippen molar-refractivity contribution in [1.29, 1.82) is 0 Å². The van der Waals surface area contributed by atoms with Crippen molar-refractivity contribution in [2.75, 3.05) is 52.0 Å². The summed E-state index contributed by atoms with van der Waals surface area (Å²) in [5, 5.41) is 21.6. The van der Waals surface area contributed by atoms with E-state index in [1.807, 2.05) is 36.4 Å². The largest absolute Gasteiger partial charge is 0.493 e. The third kappa shape index (κ3) is 5.70. The second kappa shape index (κ2) is 11.8. The van der Waals surface area contributed by atoms with Crippen LogP contribution in [-0.2, 0) is 10.6 Å². The fourth-order valence-electron chi connectivity index (χ4n) is 4.59. The fourth-order valence-corrected chi connectivity index (χ4v) is 5.49. The summed E-state index contributed by atoms with van der Waals surface area (Å²) in [7, 11) is 3.18. The summed E-state index contributed by atoms with van der Waals surface area (Å²) in [6, 6.07) is 15.5. The lowest BCUT2D eigenvalue weighted by Gasteiger charge is -2.37. The first kappa shape index (κ1) is 27.3. The highest BCUT2D eigenvalue weighted by Gasteiger charge is 2.37. The quantitative estimate of drug-likeness (QED) is 0.233. The third-order valence-corrected chi connectivity index (χ3v) is 7.61. The van der Waals surface area contributed by atoms with Crippen LogP contribution < -0.4 is 9.47 Å². The minimum Gasteiger partial charge on any atom is -0.493 e. The molecular formula is C29H30FN3O5S. The molecule has 8 nitrogen and oxygen atoms in total. The number of thioether (sulfide) groups is 1. The lowest BCUT2D eigenvalue weighted by atomic mass is 10.00. The van der Waals surface area contributed by atoms with Crippen LogP contribution in [0.4, 0.5) is 4.39 Å². The second-order valence-corrected chi connectivity index (χ2v) is 10.3. The topological polar surface area (TPSA) is 97.2 Å². The number of hydrogen-bond donors (Lipinski definition) is 2. The predicted molar refractivity (Wildman–Crippen MR) is 149 cm³/mol. The molecule has 4 aromatic rings. The Hall–Kier alpha value is -3.28. The van der Waals surface area contributed by atoms with Gasteiger partial charge in [-0.25, -0.2) is 14.3 Å². The van der Waals surface area contributed by atoms with Crippen LogP contribution in [0.5, 0.6) is 11.5 Å².